The lowest BCUT2D eigenvalue weighted by Gasteiger charge is -2.03. The Hall–Kier alpha value is -2.71. The zero-order valence-electron chi connectivity index (χ0n) is 9.96. The molecule has 1 aliphatic heterocycles. The van der Waals surface area contributed by atoms with Crippen LogP contribution in [0.2, 0.25) is 0 Å². The molecule has 4 heteroatoms. The van der Waals surface area contributed by atoms with E-state index in [9.17, 15) is 10.0 Å². The van der Waals surface area contributed by atoms with E-state index in [-0.39, 0.29) is 12.3 Å². The summed E-state index contributed by atoms with van der Waals surface area (Å²) in [5, 5.41) is 12.2. The van der Waals surface area contributed by atoms with Gasteiger partial charge in [0, 0.05) is 0 Å². The van der Waals surface area contributed by atoms with Crippen LogP contribution in [0.25, 0.3) is 17.2 Å². The maximum atomic E-state index is 10.4. The average molecular weight is 252 g/mol. The topological polar surface area (TPSA) is 58.9 Å². The van der Waals surface area contributed by atoms with Crippen LogP contribution in [0.1, 0.15) is 11.1 Å². The van der Waals surface area contributed by atoms with E-state index in [0.717, 1.165) is 22.3 Å². The molecule has 0 fully saturated rings. The van der Waals surface area contributed by atoms with Crippen molar-refractivity contribution in [2.75, 3.05) is 0 Å². The zero-order chi connectivity index (χ0) is 13.2. The summed E-state index contributed by atoms with van der Waals surface area (Å²) in [6.45, 7) is 0.0771. The minimum absolute atomic E-state index is 0.0771. The molecule has 3 rings (SSSR count). The van der Waals surface area contributed by atoms with Gasteiger partial charge in [0.1, 0.15) is 12.3 Å². The molecule has 2 aromatic rings. The lowest BCUT2D eigenvalue weighted by molar-refractivity contribution is 0.463. The van der Waals surface area contributed by atoms with Crippen molar-refractivity contribution in [1.82, 2.24) is 0 Å². The maximum absolute atomic E-state index is 10.4. The Kier molecular flexibility index (Phi) is 2.71. The monoisotopic (exact) mass is 252 g/mol. The number of phenols is 1. The summed E-state index contributed by atoms with van der Waals surface area (Å²) in [6.07, 6.45) is 4.43. The van der Waals surface area contributed by atoms with Gasteiger partial charge in [-0.05, 0) is 42.0 Å². The first-order valence-electron chi connectivity index (χ1n) is 5.79. The fourth-order valence-electron chi connectivity index (χ4n) is 2.14. The lowest BCUT2D eigenvalue weighted by atomic mass is 9.96. The summed E-state index contributed by atoms with van der Waals surface area (Å²) in [4.78, 5) is 10.4. The molecule has 0 unspecified atom stereocenters. The lowest BCUT2D eigenvalue weighted by Crippen LogP contribution is -1.91. The average Bonchev–Trinajstić information content (AvgIpc) is 2.90. The van der Waals surface area contributed by atoms with Crippen LogP contribution in [0.4, 0.5) is 0 Å². The van der Waals surface area contributed by atoms with E-state index in [4.69, 9.17) is 4.74 Å². The first-order valence-corrected chi connectivity index (χ1v) is 5.79. The Labute approximate surface area is 109 Å². The third kappa shape index (κ3) is 1.94. The smallest absolute Gasteiger partial charge is 0.305 e. The van der Waals surface area contributed by atoms with E-state index in [1.54, 1.807) is 18.2 Å². The van der Waals surface area contributed by atoms with E-state index in [1.165, 1.54) is 0 Å². The molecule has 0 radical (unpaired) electrons. The molecule has 1 heterocycles. The highest BCUT2D eigenvalue weighted by atomic mass is 16.5. The summed E-state index contributed by atoms with van der Waals surface area (Å²) in [6, 6.07) is 10.7. The van der Waals surface area contributed by atoms with Gasteiger partial charge in [0.15, 0.2) is 11.6 Å². The van der Waals surface area contributed by atoms with Crippen LogP contribution in [-0.2, 0) is 6.54 Å². The number of phenolic OH excluding ortho intramolecular Hbond substituents is 1. The number of hydrogen-bond acceptors (Lipinski definition) is 4. The zero-order valence-corrected chi connectivity index (χ0v) is 9.96. The second-order valence-corrected chi connectivity index (χ2v) is 4.21. The van der Waals surface area contributed by atoms with Crippen LogP contribution >= 0.6 is 0 Å². The van der Waals surface area contributed by atoms with Crippen LogP contribution in [0.3, 0.4) is 0 Å². The molecule has 0 atom stereocenters. The standard InChI is InChI=1S/C15H9NO3/c17-12-4-1-10(2-5-12)13-6-3-11(9-16-18)15-14(13)7-8-19-15/h1-7H,9H2/p+1. The Balaban J connectivity index is 2.13. The second-order valence-electron chi connectivity index (χ2n) is 4.21. The van der Waals surface area contributed by atoms with Crippen molar-refractivity contribution in [3.05, 3.63) is 58.7 Å². The SMILES string of the molecule is O=NCc1ccc(-c2ccc(O)cc2)c2c1O[C+]=C2. The van der Waals surface area contributed by atoms with Crippen LogP contribution in [-0.4, -0.2) is 5.11 Å². The van der Waals surface area contributed by atoms with Crippen molar-refractivity contribution in [3.63, 3.8) is 0 Å². The van der Waals surface area contributed by atoms with Gasteiger partial charge >= 0.3 is 5.75 Å². The van der Waals surface area contributed by atoms with Gasteiger partial charge in [-0.1, -0.05) is 5.18 Å². The van der Waals surface area contributed by atoms with E-state index >= 15 is 0 Å². The van der Waals surface area contributed by atoms with Gasteiger partial charge < -0.3 is 5.11 Å². The Bertz CT molecular complexity index is 660. The first-order chi connectivity index (χ1) is 9.29. The van der Waals surface area contributed by atoms with Gasteiger partial charge in [-0.25, -0.2) is 0 Å². The predicted octanol–water partition coefficient (Wildman–Crippen LogP) is 3.49. The summed E-state index contributed by atoms with van der Waals surface area (Å²) in [5.74, 6) is 0.853. The Morgan fingerprint density at radius 2 is 1.95 bits per heavy atom. The van der Waals surface area contributed by atoms with E-state index in [2.05, 4.69) is 11.4 Å². The van der Waals surface area contributed by atoms with Crippen LogP contribution in [0.15, 0.2) is 41.6 Å². The third-order valence-electron chi connectivity index (χ3n) is 3.06. The normalized spacial score (nSPS) is 11.6. The van der Waals surface area contributed by atoms with Crippen LogP contribution in [0, 0.1) is 11.2 Å². The molecule has 92 valence electrons. The number of aromatic hydroxyl groups is 1. The minimum Gasteiger partial charge on any atom is -0.508 e. The van der Waals surface area contributed by atoms with Gasteiger partial charge in [0.05, 0.1) is 11.1 Å². The van der Waals surface area contributed by atoms with Crippen LogP contribution < -0.4 is 4.74 Å². The Morgan fingerprint density at radius 3 is 2.68 bits per heavy atom. The number of nitrogens with zero attached hydrogens (tertiary/aromatic N) is 1. The number of nitroso groups, excluding NO2 is 1. The fourth-order valence-corrected chi connectivity index (χ4v) is 2.14. The van der Waals surface area contributed by atoms with Crippen LogP contribution in [0.5, 0.6) is 11.5 Å². The highest BCUT2D eigenvalue weighted by molar-refractivity contribution is 5.81. The molecule has 0 bridgehead atoms. The van der Waals surface area contributed by atoms with Gasteiger partial charge in [0.2, 0.25) is 6.26 Å². The van der Waals surface area contributed by atoms with Gasteiger partial charge in [-0.3, -0.25) is 4.74 Å². The fraction of sp³-hybridized carbons (Fsp3) is 0.0667. The van der Waals surface area contributed by atoms with E-state index in [0.29, 0.717) is 5.75 Å². The molecule has 0 saturated carbocycles. The van der Waals surface area contributed by atoms with Crippen molar-refractivity contribution in [2.24, 2.45) is 5.18 Å². The number of ether oxygens (including phenoxy) is 1. The number of benzene rings is 2. The largest absolute Gasteiger partial charge is 0.508 e. The highest BCUT2D eigenvalue weighted by Gasteiger charge is 2.28. The van der Waals surface area contributed by atoms with E-state index in [1.807, 2.05) is 24.3 Å². The molecule has 1 N–H and O–H groups in total. The summed E-state index contributed by atoms with van der Waals surface area (Å²) in [7, 11) is 0. The molecular weight excluding hydrogens is 242 g/mol. The predicted molar refractivity (Wildman–Crippen MR) is 71.4 cm³/mol. The summed E-state index contributed by atoms with van der Waals surface area (Å²) in [5.41, 5.74) is 3.55. The minimum atomic E-state index is 0.0771. The van der Waals surface area contributed by atoms with Crippen molar-refractivity contribution in [1.29, 1.82) is 0 Å². The van der Waals surface area contributed by atoms with Gasteiger partial charge in [-0.15, -0.1) is 0 Å². The molecule has 2 aromatic carbocycles. The molecule has 1 aliphatic rings. The molecule has 4 nitrogen and oxygen atoms in total. The molecule has 0 aromatic heterocycles. The van der Waals surface area contributed by atoms with Crippen molar-refractivity contribution < 1.29 is 9.84 Å². The second kappa shape index (κ2) is 4.52. The number of hydrogen-bond donors (Lipinski definition) is 1. The molecule has 0 aliphatic carbocycles. The summed E-state index contributed by atoms with van der Waals surface area (Å²) >= 11 is 0. The van der Waals surface area contributed by atoms with Crippen molar-refractivity contribution in [3.8, 4) is 22.6 Å². The quantitative estimate of drug-likeness (QED) is 0.671. The molecule has 0 amide bonds. The first kappa shape index (κ1) is 11.4. The molecular formula is C15H10NO3+. The summed E-state index contributed by atoms with van der Waals surface area (Å²) < 4.78 is 5.31. The van der Waals surface area contributed by atoms with Gasteiger partial charge in [0.25, 0.3) is 0 Å². The number of rotatable bonds is 3. The van der Waals surface area contributed by atoms with Gasteiger partial charge in [-0.2, -0.15) is 4.91 Å². The Morgan fingerprint density at radius 1 is 1.16 bits per heavy atom. The number of fused-ring (bicyclic) bond motifs is 1. The maximum Gasteiger partial charge on any atom is 0.305 e. The highest BCUT2D eigenvalue weighted by Crippen LogP contribution is 2.38. The third-order valence-corrected chi connectivity index (χ3v) is 3.06. The molecule has 0 spiro atoms. The van der Waals surface area contributed by atoms with E-state index < -0.39 is 0 Å². The molecule has 19 heavy (non-hydrogen) atoms. The van der Waals surface area contributed by atoms with Crippen molar-refractivity contribution in [2.45, 2.75) is 6.54 Å². The molecule has 0 saturated heterocycles. The van der Waals surface area contributed by atoms with Crippen molar-refractivity contribution >= 4 is 6.08 Å².